The maximum absolute atomic E-state index is 10.9. The number of ether oxygens (including phenoxy) is 1. The molecule has 1 aromatic carbocycles. The largest absolute Gasteiger partial charge is 0.439 e. The zero-order valence-electron chi connectivity index (χ0n) is 9.87. The molecule has 0 saturated carbocycles. The number of primary amides is 1. The van der Waals surface area contributed by atoms with E-state index in [1.54, 1.807) is 42.5 Å². The molecule has 19 heavy (non-hydrogen) atoms. The van der Waals surface area contributed by atoms with Crippen LogP contribution in [-0.4, -0.2) is 15.9 Å². The third-order valence-electron chi connectivity index (χ3n) is 2.34. The van der Waals surface area contributed by atoms with Gasteiger partial charge in [0.25, 0.3) is 0 Å². The molecule has 1 heterocycles. The maximum atomic E-state index is 10.9. The van der Waals surface area contributed by atoms with Crippen LogP contribution in [-0.2, 0) is 0 Å². The standard InChI is InChI=1S/C13H11N3O2S/c14-12(17)8-4-6-9(7-5-8)18-11-3-1-2-10(16-11)13(15)19/h1-7H,(H2,14,17)(H2,15,19). The average molecular weight is 273 g/mol. The molecule has 0 aliphatic heterocycles. The second-order valence-corrected chi connectivity index (χ2v) is 4.16. The minimum atomic E-state index is -0.486. The molecule has 0 radical (unpaired) electrons. The summed E-state index contributed by atoms with van der Waals surface area (Å²) in [6, 6.07) is 11.6. The summed E-state index contributed by atoms with van der Waals surface area (Å²) < 4.78 is 5.53. The molecule has 0 fully saturated rings. The van der Waals surface area contributed by atoms with Crippen LogP contribution in [0.3, 0.4) is 0 Å². The molecule has 0 bridgehead atoms. The van der Waals surface area contributed by atoms with Crippen LogP contribution in [0.5, 0.6) is 11.6 Å². The Balaban J connectivity index is 2.19. The van der Waals surface area contributed by atoms with Gasteiger partial charge in [-0.15, -0.1) is 0 Å². The SMILES string of the molecule is NC(=O)c1ccc(Oc2cccc(C(N)=S)n2)cc1. The van der Waals surface area contributed by atoms with Crippen molar-refractivity contribution in [2.45, 2.75) is 0 Å². The minimum Gasteiger partial charge on any atom is -0.439 e. The van der Waals surface area contributed by atoms with E-state index in [9.17, 15) is 4.79 Å². The van der Waals surface area contributed by atoms with Crippen LogP contribution < -0.4 is 16.2 Å². The van der Waals surface area contributed by atoms with Gasteiger partial charge in [0.15, 0.2) is 0 Å². The maximum Gasteiger partial charge on any atom is 0.248 e. The molecular weight excluding hydrogens is 262 g/mol. The van der Waals surface area contributed by atoms with E-state index in [0.29, 0.717) is 22.9 Å². The van der Waals surface area contributed by atoms with E-state index in [4.69, 9.17) is 28.4 Å². The van der Waals surface area contributed by atoms with E-state index < -0.39 is 5.91 Å². The van der Waals surface area contributed by atoms with Crippen molar-refractivity contribution in [1.29, 1.82) is 0 Å². The molecule has 0 saturated heterocycles. The van der Waals surface area contributed by atoms with Crippen LogP contribution in [0.2, 0.25) is 0 Å². The Kier molecular flexibility index (Phi) is 3.72. The number of nitrogens with zero attached hydrogens (tertiary/aromatic N) is 1. The lowest BCUT2D eigenvalue weighted by Crippen LogP contribution is -2.11. The highest BCUT2D eigenvalue weighted by molar-refractivity contribution is 7.80. The first-order valence-electron chi connectivity index (χ1n) is 5.41. The summed E-state index contributed by atoms with van der Waals surface area (Å²) in [5, 5.41) is 0. The van der Waals surface area contributed by atoms with Crippen molar-refractivity contribution in [3.63, 3.8) is 0 Å². The summed E-state index contributed by atoms with van der Waals surface area (Å²) in [7, 11) is 0. The average Bonchev–Trinajstić information content (AvgIpc) is 2.39. The Bertz CT molecular complexity index is 626. The first-order chi connectivity index (χ1) is 9.06. The molecule has 4 N–H and O–H groups in total. The van der Waals surface area contributed by atoms with Crippen LogP contribution in [0.25, 0.3) is 0 Å². The first-order valence-corrected chi connectivity index (χ1v) is 5.81. The molecule has 0 unspecified atom stereocenters. The van der Waals surface area contributed by atoms with Gasteiger partial charge in [0.2, 0.25) is 11.8 Å². The molecule has 1 amide bonds. The minimum absolute atomic E-state index is 0.203. The van der Waals surface area contributed by atoms with Crippen LogP contribution >= 0.6 is 12.2 Å². The topological polar surface area (TPSA) is 91.2 Å². The van der Waals surface area contributed by atoms with Crippen molar-refractivity contribution in [1.82, 2.24) is 4.98 Å². The number of amides is 1. The number of carbonyl (C=O) groups excluding carboxylic acids is 1. The molecule has 0 spiro atoms. The third kappa shape index (κ3) is 3.26. The number of benzene rings is 1. The zero-order valence-corrected chi connectivity index (χ0v) is 10.7. The molecule has 5 nitrogen and oxygen atoms in total. The number of thiocarbonyl (C=S) groups is 1. The van der Waals surface area contributed by atoms with E-state index in [0.717, 1.165) is 0 Å². The van der Waals surface area contributed by atoms with E-state index in [1.165, 1.54) is 0 Å². The number of aromatic nitrogens is 1. The number of hydrogen-bond donors (Lipinski definition) is 2. The molecule has 96 valence electrons. The van der Waals surface area contributed by atoms with Crippen molar-refractivity contribution < 1.29 is 9.53 Å². The van der Waals surface area contributed by atoms with Gasteiger partial charge in [-0.05, 0) is 30.3 Å². The molecule has 0 aliphatic carbocycles. The molecule has 2 rings (SSSR count). The zero-order chi connectivity index (χ0) is 13.8. The van der Waals surface area contributed by atoms with Gasteiger partial charge in [-0.1, -0.05) is 18.3 Å². The lowest BCUT2D eigenvalue weighted by Gasteiger charge is -2.06. The molecular formula is C13H11N3O2S. The fourth-order valence-corrected chi connectivity index (χ4v) is 1.53. The van der Waals surface area contributed by atoms with Crippen LogP contribution in [0.1, 0.15) is 16.1 Å². The third-order valence-corrected chi connectivity index (χ3v) is 2.55. The van der Waals surface area contributed by atoms with E-state index >= 15 is 0 Å². The van der Waals surface area contributed by atoms with Crippen molar-refractivity contribution >= 4 is 23.1 Å². The summed E-state index contributed by atoms with van der Waals surface area (Å²) in [5.74, 6) is 0.426. The highest BCUT2D eigenvalue weighted by Crippen LogP contribution is 2.19. The molecule has 1 aromatic heterocycles. The van der Waals surface area contributed by atoms with Gasteiger partial charge < -0.3 is 16.2 Å². The molecule has 0 atom stereocenters. The number of hydrogen-bond acceptors (Lipinski definition) is 4. The first kappa shape index (κ1) is 13.0. The summed E-state index contributed by atoms with van der Waals surface area (Å²) in [4.78, 5) is 15.3. The van der Waals surface area contributed by atoms with Crippen LogP contribution in [0.15, 0.2) is 42.5 Å². The highest BCUT2D eigenvalue weighted by atomic mass is 32.1. The van der Waals surface area contributed by atoms with Crippen molar-refractivity contribution in [2.24, 2.45) is 11.5 Å². The number of pyridine rings is 1. The Morgan fingerprint density at radius 3 is 2.37 bits per heavy atom. The summed E-state index contributed by atoms with van der Waals surface area (Å²) in [6.45, 7) is 0. The van der Waals surface area contributed by atoms with Gasteiger partial charge in [-0.3, -0.25) is 4.79 Å². The summed E-state index contributed by atoms with van der Waals surface area (Å²) >= 11 is 4.84. The summed E-state index contributed by atoms with van der Waals surface area (Å²) in [5.41, 5.74) is 11.5. The second kappa shape index (κ2) is 5.45. The molecule has 0 aliphatic rings. The van der Waals surface area contributed by atoms with Crippen LogP contribution in [0.4, 0.5) is 0 Å². The number of nitrogens with two attached hydrogens (primary N) is 2. The number of rotatable bonds is 4. The van der Waals surface area contributed by atoms with Gasteiger partial charge in [-0.25, -0.2) is 4.98 Å². The lowest BCUT2D eigenvalue weighted by molar-refractivity contribution is 0.100. The highest BCUT2D eigenvalue weighted by Gasteiger charge is 2.04. The van der Waals surface area contributed by atoms with E-state index in [1.807, 2.05) is 0 Å². The van der Waals surface area contributed by atoms with Gasteiger partial charge in [-0.2, -0.15) is 0 Å². The quantitative estimate of drug-likeness (QED) is 0.826. The van der Waals surface area contributed by atoms with Crippen LogP contribution in [0, 0.1) is 0 Å². The Labute approximate surface area is 115 Å². The summed E-state index contributed by atoms with van der Waals surface area (Å²) in [6.07, 6.45) is 0. The predicted octanol–water partition coefficient (Wildman–Crippen LogP) is 1.61. The van der Waals surface area contributed by atoms with Gasteiger partial charge >= 0.3 is 0 Å². The lowest BCUT2D eigenvalue weighted by atomic mass is 10.2. The monoisotopic (exact) mass is 273 g/mol. The predicted molar refractivity (Wildman–Crippen MR) is 75.2 cm³/mol. The fourth-order valence-electron chi connectivity index (χ4n) is 1.42. The normalized spacial score (nSPS) is 9.89. The molecule has 2 aromatic rings. The van der Waals surface area contributed by atoms with E-state index in [2.05, 4.69) is 4.98 Å². The van der Waals surface area contributed by atoms with Crippen molar-refractivity contribution in [2.75, 3.05) is 0 Å². The van der Waals surface area contributed by atoms with Crippen molar-refractivity contribution in [3.8, 4) is 11.6 Å². The molecule has 6 heteroatoms. The van der Waals surface area contributed by atoms with Gasteiger partial charge in [0.1, 0.15) is 16.4 Å². The van der Waals surface area contributed by atoms with Crippen molar-refractivity contribution in [3.05, 3.63) is 53.7 Å². The second-order valence-electron chi connectivity index (χ2n) is 3.72. The smallest absolute Gasteiger partial charge is 0.248 e. The Morgan fingerprint density at radius 2 is 1.79 bits per heavy atom. The number of carbonyl (C=O) groups is 1. The Morgan fingerprint density at radius 1 is 1.11 bits per heavy atom. The Hall–Kier alpha value is -2.47. The van der Waals surface area contributed by atoms with Gasteiger partial charge in [0.05, 0.1) is 0 Å². The van der Waals surface area contributed by atoms with E-state index in [-0.39, 0.29) is 4.99 Å². The van der Waals surface area contributed by atoms with Gasteiger partial charge in [0, 0.05) is 11.6 Å². The fraction of sp³-hybridized carbons (Fsp3) is 0.